The molecule has 0 aliphatic heterocycles. The van der Waals surface area contributed by atoms with Crippen molar-refractivity contribution in [2.45, 2.75) is 26.3 Å². The molecule has 3 aromatic heterocycles. The molecule has 124 valence electrons. The highest BCUT2D eigenvalue weighted by molar-refractivity contribution is 7.08. The first-order valence-electron chi connectivity index (χ1n) is 7.71. The van der Waals surface area contributed by atoms with Gasteiger partial charge in [0.1, 0.15) is 4.88 Å². The maximum Gasteiger partial charge on any atom is 0.265 e. The van der Waals surface area contributed by atoms with Crippen molar-refractivity contribution in [3.8, 4) is 11.3 Å². The summed E-state index contributed by atoms with van der Waals surface area (Å²) in [7, 11) is 1.86. The molecule has 0 unspecified atom stereocenters. The number of carbonyl (C=O) groups excluding carboxylic acids is 1. The molecule has 1 amide bonds. The van der Waals surface area contributed by atoms with Crippen molar-refractivity contribution in [3.63, 3.8) is 0 Å². The number of rotatable bonds is 6. The number of aryl methyl sites for hydroxylation is 2. The molecule has 3 aromatic rings. The first-order chi connectivity index (χ1) is 11.7. The van der Waals surface area contributed by atoms with Gasteiger partial charge < -0.3 is 5.32 Å². The summed E-state index contributed by atoms with van der Waals surface area (Å²) in [5, 5.41) is 11.2. The average molecular weight is 342 g/mol. The third-order valence-corrected chi connectivity index (χ3v) is 4.32. The minimum Gasteiger partial charge on any atom is -0.347 e. The van der Waals surface area contributed by atoms with Gasteiger partial charge in [-0.25, -0.2) is 0 Å². The van der Waals surface area contributed by atoms with Crippen molar-refractivity contribution in [2.75, 3.05) is 0 Å². The van der Waals surface area contributed by atoms with Crippen molar-refractivity contribution in [3.05, 3.63) is 46.9 Å². The molecule has 0 spiro atoms. The predicted molar refractivity (Wildman–Crippen MR) is 91.5 cm³/mol. The molecule has 0 saturated carbocycles. The number of carbonyl (C=O) groups is 1. The minimum atomic E-state index is -0.144. The van der Waals surface area contributed by atoms with E-state index in [1.165, 1.54) is 0 Å². The molecule has 0 atom stereocenters. The van der Waals surface area contributed by atoms with Crippen LogP contribution in [0.4, 0.5) is 0 Å². The van der Waals surface area contributed by atoms with Gasteiger partial charge in [-0.05, 0) is 29.6 Å². The van der Waals surface area contributed by atoms with Gasteiger partial charge in [0, 0.05) is 31.5 Å². The Labute approximate surface area is 143 Å². The lowest BCUT2D eigenvalue weighted by Gasteiger charge is -2.08. The standard InChI is InChI=1S/C16H18N6OS/c1-3-5-13-15(24-21-20-13)16(23)18-8-11-6-4-7-17-14(11)12-9-19-22(2)10-12/h4,6-7,9-10H,3,5,8H2,1-2H3,(H,18,23). The number of hydrogen-bond acceptors (Lipinski definition) is 6. The molecule has 7 nitrogen and oxygen atoms in total. The fourth-order valence-electron chi connectivity index (χ4n) is 2.42. The second-order valence-electron chi connectivity index (χ2n) is 5.40. The Morgan fingerprint density at radius 3 is 3.04 bits per heavy atom. The van der Waals surface area contributed by atoms with Crippen LogP contribution in [-0.4, -0.2) is 30.3 Å². The summed E-state index contributed by atoms with van der Waals surface area (Å²) < 4.78 is 5.62. The Kier molecular flexibility index (Phi) is 4.95. The van der Waals surface area contributed by atoms with E-state index in [0.29, 0.717) is 11.4 Å². The highest BCUT2D eigenvalue weighted by Gasteiger charge is 2.16. The summed E-state index contributed by atoms with van der Waals surface area (Å²) in [4.78, 5) is 17.4. The van der Waals surface area contributed by atoms with Crippen LogP contribution in [0.3, 0.4) is 0 Å². The molecule has 3 rings (SSSR count). The predicted octanol–water partition coefficient (Wildman–Crippen LogP) is 2.22. The molecule has 8 heteroatoms. The third-order valence-electron chi connectivity index (χ3n) is 3.56. The second kappa shape index (κ2) is 7.31. The van der Waals surface area contributed by atoms with Gasteiger partial charge in [0.2, 0.25) is 0 Å². The molecule has 3 heterocycles. The highest BCUT2D eigenvalue weighted by Crippen LogP contribution is 2.20. The van der Waals surface area contributed by atoms with E-state index in [2.05, 4.69) is 31.9 Å². The van der Waals surface area contributed by atoms with E-state index in [0.717, 1.165) is 46.9 Å². The van der Waals surface area contributed by atoms with E-state index in [9.17, 15) is 4.79 Å². The zero-order valence-corrected chi connectivity index (χ0v) is 14.4. The Balaban J connectivity index is 1.75. The smallest absolute Gasteiger partial charge is 0.265 e. The summed E-state index contributed by atoms with van der Waals surface area (Å²) in [5.74, 6) is -0.144. The number of hydrogen-bond donors (Lipinski definition) is 1. The summed E-state index contributed by atoms with van der Waals surface area (Å²) >= 11 is 1.13. The van der Waals surface area contributed by atoms with Crippen LogP contribution in [0, 0.1) is 0 Å². The van der Waals surface area contributed by atoms with Gasteiger partial charge in [-0.15, -0.1) is 5.10 Å². The maximum atomic E-state index is 12.4. The summed E-state index contributed by atoms with van der Waals surface area (Å²) in [6, 6.07) is 3.81. The molecular formula is C16H18N6OS. The molecule has 0 aliphatic carbocycles. The average Bonchev–Trinajstić information content (AvgIpc) is 3.22. The van der Waals surface area contributed by atoms with E-state index in [1.807, 2.05) is 25.4 Å². The lowest BCUT2D eigenvalue weighted by atomic mass is 10.1. The fraction of sp³-hybridized carbons (Fsp3) is 0.312. The van der Waals surface area contributed by atoms with Crippen molar-refractivity contribution in [2.24, 2.45) is 7.05 Å². The zero-order chi connectivity index (χ0) is 16.9. The monoisotopic (exact) mass is 342 g/mol. The van der Waals surface area contributed by atoms with E-state index in [4.69, 9.17) is 0 Å². The first-order valence-corrected chi connectivity index (χ1v) is 8.48. The molecular weight excluding hydrogens is 324 g/mol. The number of nitrogens with one attached hydrogen (secondary N) is 1. The maximum absolute atomic E-state index is 12.4. The summed E-state index contributed by atoms with van der Waals surface area (Å²) in [5.41, 5.74) is 3.45. The quantitative estimate of drug-likeness (QED) is 0.742. The van der Waals surface area contributed by atoms with Crippen molar-refractivity contribution < 1.29 is 4.79 Å². The molecule has 0 saturated heterocycles. The number of pyridine rings is 1. The van der Waals surface area contributed by atoms with Gasteiger partial charge in [-0.2, -0.15) is 5.10 Å². The Morgan fingerprint density at radius 2 is 2.29 bits per heavy atom. The van der Waals surface area contributed by atoms with E-state index < -0.39 is 0 Å². The van der Waals surface area contributed by atoms with Gasteiger partial charge in [-0.1, -0.05) is 23.9 Å². The second-order valence-corrected chi connectivity index (χ2v) is 6.15. The van der Waals surface area contributed by atoms with Crippen molar-refractivity contribution >= 4 is 17.4 Å². The van der Waals surface area contributed by atoms with Gasteiger partial charge in [0.25, 0.3) is 5.91 Å². The van der Waals surface area contributed by atoms with Gasteiger partial charge in [0.05, 0.1) is 17.6 Å². The minimum absolute atomic E-state index is 0.144. The number of nitrogens with zero attached hydrogens (tertiary/aromatic N) is 5. The highest BCUT2D eigenvalue weighted by atomic mass is 32.1. The van der Waals surface area contributed by atoms with Crippen LogP contribution in [0.5, 0.6) is 0 Å². The Morgan fingerprint density at radius 1 is 1.42 bits per heavy atom. The van der Waals surface area contributed by atoms with Crippen LogP contribution in [0.1, 0.15) is 34.3 Å². The van der Waals surface area contributed by atoms with Gasteiger partial charge in [0.15, 0.2) is 0 Å². The van der Waals surface area contributed by atoms with Crippen LogP contribution >= 0.6 is 11.5 Å². The third kappa shape index (κ3) is 3.48. The molecule has 24 heavy (non-hydrogen) atoms. The Hall–Kier alpha value is -2.61. The zero-order valence-electron chi connectivity index (χ0n) is 13.6. The van der Waals surface area contributed by atoms with Crippen LogP contribution in [0.25, 0.3) is 11.3 Å². The van der Waals surface area contributed by atoms with Gasteiger partial charge in [-0.3, -0.25) is 14.5 Å². The van der Waals surface area contributed by atoms with Crippen molar-refractivity contribution in [1.29, 1.82) is 0 Å². The SMILES string of the molecule is CCCc1nnsc1C(=O)NCc1cccnc1-c1cnn(C)c1. The molecule has 0 aliphatic rings. The fourth-order valence-corrected chi connectivity index (χ4v) is 3.05. The number of amides is 1. The molecule has 0 radical (unpaired) electrons. The number of aromatic nitrogens is 5. The molecule has 0 bridgehead atoms. The van der Waals surface area contributed by atoms with E-state index >= 15 is 0 Å². The molecule has 1 N–H and O–H groups in total. The largest absolute Gasteiger partial charge is 0.347 e. The topological polar surface area (TPSA) is 85.6 Å². The normalized spacial score (nSPS) is 10.8. The lowest BCUT2D eigenvalue weighted by molar-refractivity contribution is 0.0954. The van der Waals surface area contributed by atoms with Gasteiger partial charge >= 0.3 is 0 Å². The molecule has 0 fully saturated rings. The van der Waals surface area contributed by atoms with Crippen LogP contribution < -0.4 is 5.32 Å². The lowest BCUT2D eigenvalue weighted by Crippen LogP contribution is -2.23. The summed E-state index contributed by atoms with van der Waals surface area (Å²) in [6.07, 6.45) is 7.09. The first kappa shape index (κ1) is 16.3. The van der Waals surface area contributed by atoms with E-state index in [-0.39, 0.29) is 5.91 Å². The Bertz CT molecular complexity index is 840. The van der Waals surface area contributed by atoms with Crippen LogP contribution in [-0.2, 0) is 20.0 Å². The van der Waals surface area contributed by atoms with Crippen molar-refractivity contribution in [1.82, 2.24) is 29.7 Å². The van der Waals surface area contributed by atoms with Crippen LogP contribution in [0.15, 0.2) is 30.7 Å². The molecule has 0 aromatic carbocycles. The van der Waals surface area contributed by atoms with Crippen LogP contribution in [0.2, 0.25) is 0 Å². The summed E-state index contributed by atoms with van der Waals surface area (Å²) in [6.45, 7) is 2.44. The van der Waals surface area contributed by atoms with E-state index in [1.54, 1.807) is 17.1 Å².